The van der Waals surface area contributed by atoms with Crippen molar-refractivity contribution >= 4 is 74.1 Å². The van der Waals surface area contributed by atoms with Gasteiger partial charge in [0.15, 0.2) is 5.11 Å². The van der Waals surface area contributed by atoms with Gasteiger partial charge in [0, 0.05) is 27.2 Å². The van der Waals surface area contributed by atoms with Crippen LogP contribution in [0.2, 0.25) is 5.02 Å². The number of benzene rings is 2. The minimum atomic E-state index is -0.705. The number of halogens is 2. The van der Waals surface area contributed by atoms with Crippen LogP contribution in [0.25, 0.3) is 6.08 Å². The number of carbonyl (C=O) groups excluding carboxylic acids is 2. The standard InChI is InChI=1S/C18H11BrClN3O4S/c1-9-6-11(19)2-5-15(9)22-17(25)13(16(24)21-18(22)28)8-10-7-12(23(26)27)3-4-14(10)20/h2-8H,1H3,(H,21,24,28)/b13-8+. The third kappa shape index (κ3) is 3.82. The van der Waals surface area contributed by atoms with Crippen LogP contribution in [0, 0.1) is 17.0 Å². The molecule has 0 aliphatic carbocycles. The Morgan fingerprint density at radius 1 is 1.25 bits per heavy atom. The van der Waals surface area contributed by atoms with Crippen molar-refractivity contribution in [3.8, 4) is 0 Å². The van der Waals surface area contributed by atoms with Gasteiger partial charge in [0.25, 0.3) is 17.5 Å². The number of aryl methyl sites for hydroxylation is 1. The molecule has 2 aromatic carbocycles. The number of anilines is 1. The van der Waals surface area contributed by atoms with Crippen molar-refractivity contribution in [1.29, 1.82) is 0 Å². The minimum absolute atomic E-state index is 0.0530. The van der Waals surface area contributed by atoms with Gasteiger partial charge in [0.2, 0.25) is 0 Å². The first-order valence-electron chi connectivity index (χ1n) is 7.80. The number of thiocarbonyl (C=S) groups is 1. The van der Waals surface area contributed by atoms with Crippen LogP contribution >= 0.6 is 39.7 Å². The van der Waals surface area contributed by atoms with Gasteiger partial charge in [-0.3, -0.25) is 29.9 Å². The Balaban J connectivity index is 2.09. The van der Waals surface area contributed by atoms with Crippen LogP contribution in [0.5, 0.6) is 0 Å². The molecular weight excluding hydrogens is 470 g/mol. The third-order valence-electron chi connectivity index (χ3n) is 3.99. The Bertz CT molecular complexity index is 1090. The van der Waals surface area contributed by atoms with E-state index >= 15 is 0 Å². The molecule has 0 unspecified atom stereocenters. The van der Waals surface area contributed by atoms with Gasteiger partial charge in [0.05, 0.1) is 10.6 Å². The number of amides is 2. The highest BCUT2D eigenvalue weighted by Gasteiger charge is 2.35. The molecule has 0 radical (unpaired) electrons. The molecule has 10 heteroatoms. The number of nitrogens with one attached hydrogen (secondary N) is 1. The summed E-state index contributed by atoms with van der Waals surface area (Å²) in [6, 6.07) is 9.01. The highest BCUT2D eigenvalue weighted by Crippen LogP contribution is 2.29. The van der Waals surface area contributed by atoms with E-state index in [9.17, 15) is 19.7 Å². The summed E-state index contributed by atoms with van der Waals surface area (Å²) in [6.07, 6.45) is 1.22. The summed E-state index contributed by atoms with van der Waals surface area (Å²) in [7, 11) is 0. The molecule has 0 aromatic heterocycles. The number of non-ortho nitro benzene ring substituents is 1. The molecule has 1 fully saturated rings. The van der Waals surface area contributed by atoms with E-state index in [-0.39, 0.29) is 27.0 Å². The Labute approximate surface area is 178 Å². The monoisotopic (exact) mass is 479 g/mol. The molecule has 0 atom stereocenters. The Hall–Kier alpha value is -2.62. The zero-order chi connectivity index (χ0) is 20.6. The highest BCUT2D eigenvalue weighted by molar-refractivity contribution is 9.10. The van der Waals surface area contributed by atoms with Crippen LogP contribution in [-0.4, -0.2) is 21.9 Å². The van der Waals surface area contributed by atoms with E-state index in [2.05, 4.69) is 21.2 Å². The zero-order valence-electron chi connectivity index (χ0n) is 14.2. The van der Waals surface area contributed by atoms with Crippen molar-refractivity contribution in [2.45, 2.75) is 6.92 Å². The second-order valence-electron chi connectivity index (χ2n) is 5.85. The van der Waals surface area contributed by atoms with Gasteiger partial charge in [-0.15, -0.1) is 0 Å². The molecule has 142 valence electrons. The van der Waals surface area contributed by atoms with Crippen molar-refractivity contribution in [1.82, 2.24) is 5.32 Å². The van der Waals surface area contributed by atoms with Crippen molar-refractivity contribution in [3.63, 3.8) is 0 Å². The summed E-state index contributed by atoms with van der Waals surface area (Å²) in [5.74, 6) is -1.36. The van der Waals surface area contributed by atoms with Crippen molar-refractivity contribution < 1.29 is 14.5 Å². The third-order valence-corrected chi connectivity index (χ3v) is 5.11. The van der Waals surface area contributed by atoms with Crippen LogP contribution in [0.3, 0.4) is 0 Å². The summed E-state index contributed by atoms with van der Waals surface area (Å²) < 4.78 is 0.826. The molecule has 0 spiro atoms. The number of nitro groups is 1. The molecule has 1 heterocycles. The number of nitro benzene ring substituents is 1. The Morgan fingerprint density at radius 3 is 2.61 bits per heavy atom. The smallest absolute Gasteiger partial charge is 0.270 e. The lowest BCUT2D eigenvalue weighted by atomic mass is 10.1. The first-order valence-corrected chi connectivity index (χ1v) is 9.38. The molecule has 7 nitrogen and oxygen atoms in total. The minimum Gasteiger partial charge on any atom is -0.298 e. The van der Waals surface area contributed by atoms with Crippen LogP contribution in [0.1, 0.15) is 11.1 Å². The average molecular weight is 481 g/mol. The molecular formula is C18H11BrClN3O4S. The second kappa shape index (κ2) is 7.78. The van der Waals surface area contributed by atoms with Crippen LogP contribution < -0.4 is 10.2 Å². The quantitative estimate of drug-likeness (QED) is 0.234. The van der Waals surface area contributed by atoms with E-state index in [1.54, 1.807) is 19.1 Å². The lowest BCUT2D eigenvalue weighted by Gasteiger charge is -2.30. The molecule has 0 bridgehead atoms. The summed E-state index contributed by atoms with van der Waals surface area (Å²) in [5, 5.41) is 13.6. The predicted molar refractivity (Wildman–Crippen MR) is 113 cm³/mol. The average Bonchev–Trinajstić information content (AvgIpc) is 2.61. The zero-order valence-corrected chi connectivity index (χ0v) is 17.4. The largest absolute Gasteiger partial charge is 0.298 e. The first kappa shape index (κ1) is 20.1. The Morgan fingerprint density at radius 2 is 1.96 bits per heavy atom. The van der Waals surface area contributed by atoms with Gasteiger partial charge in [-0.25, -0.2) is 0 Å². The number of hydrogen-bond acceptors (Lipinski definition) is 5. The molecule has 2 aromatic rings. The summed E-state index contributed by atoms with van der Waals surface area (Å²) in [6.45, 7) is 1.80. The number of nitrogens with zero attached hydrogens (tertiary/aromatic N) is 2. The van der Waals surface area contributed by atoms with Gasteiger partial charge in [0.1, 0.15) is 5.57 Å². The maximum atomic E-state index is 13.0. The van der Waals surface area contributed by atoms with Crippen LogP contribution in [0.4, 0.5) is 11.4 Å². The normalized spacial score (nSPS) is 15.8. The fraction of sp³-hybridized carbons (Fsp3) is 0.0556. The molecule has 1 aliphatic heterocycles. The fourth-order valence-electron chi connectivity index (χ4n) is 2.66. The summed E-state index contributed by atoms with van der Waals surface area (Å²) in [4.78, 5) is 37.0. The van der Waals surface area contributed by atoms with Gasteiger partial charge >= 0.3 is 0 Å². The fourth-order valence-corrected chi connectivity index (χ4v) is 3.58. The Kier molecular flexibility index (Phi) is 5.59. The van der Waals surface area contributed by atoms with E-state index in [1.807, 2.05) is 6.07 Å². The topological polar surface area (TPSA) is 92.6 Å². The van der Waals surface area contributed by atoms with E-state index < -0.39 is 16.7 Å². The van der Waals surface area contributed by atoms with Crippen molar-refractivity contribution in [2.24, 2.45) is 0 Å². The number of hydrogen-bond donors (Lipinski definition) is 1. The van der Waals surface area contributed by atoms with Crippen LogP contribution in [0.15, 0.2) is 46.4 Å². The predicted octanol–water partition coefficient (Wildman–Crippen LogP) is 4.15. The molecule has 1 aliphatic rings. The maximum Gasteiger partial charge on any atom is 0.270 e. The lowest BCUT2D eigenvalue weighted by molar-refractivity contribution is -0.384. The molecule has 28 heavy (non-hydrogen) atoms. The van der Waals surface area contributed by atoms with Gasteiger partial charge in [-0.2, -0.15) is 0 Å². The molecule has 1 N–H and O–H groups in total. The highest BCUT2D eigenvalue weighted by atomic mass is 79.9. The van der Waals surface area contributed by atoms with Gasteiger partial charge in [-0.05, 0) is 55.0 Å². The molecule has 3 rings (SSSR count). The van der Waals surface area contributed by atoms with Crippen LogP contribution in [-0.2, 0) is 9.59 Å². The maximum absolute atomic E-state index is 13.0. The summed E-state index contributed by atoms with van der Waals surface area (Å²) >= 11 is 14.6. The SMILES string of the molecule is Cc1cc(Br)ccc1N1C(=O)/C(=C/c2cc([N+](=O)[O-])ccc2Cl)C(=O)NC1=S. The van der Waals surface area contributed by atoms with E-state index in [0.717, 1.165) is 10.0 Å². The lowest BCUT2D eigenvalue weighted by Crippen LogP contribution is -2.54. The van der Waals surface area contributed by atoms with Crippen molar-refractivity contribution in [3.05, 3.63) is 72.7 Å². The second-order valence-corrected chi connectivity index (χ2v) is 7.56. The molecule has 1 saturated heterocycles. The van der Waals surface area contributed by atoms with Gasteiger partial charge in [-0.1, -0.05) is 27.5 Å². The van der Waals surface area contributed by atoms with E-state index in [0.29, 0.717) is 5.69 Å². The number of rotatable bonds is 3. The van der Waals surface area contributed by atoms with E-state index in [1.165, 1.54) is 29.2 Å². The van der Waals surface area contributed by atoms with Crippen molar-refractivity contribution in [2.75, 3.05) is 4.90 Å². The summed E-state index contributed by atoms with van der Waals surface area (Å²) in [5.41, 5.74) is 0.993. The van der Waals surface area contributed by atoms with E-state index in [4.69, 9.17) is 23.8 Å². The van der Waals surface area contributed by atoms with Gasteiger partial charge < -0.3 is 0 Å². The number of carbonyl (C=O) groups is 2. The molecule has 2 amide bonds. The molecule has 0 saturated carbocycles. The first-order chi connectivity index (χ1) is 13.2.